The minimum absolute atomic E-state index is 0.0734. The summed E-state index contributed by atoms with van der Waals surface area (Å²) in [5.41, 5.74) is 1.73. The number of sulfone groups is 1. The molecule has 5 nitrogen and oxygen atoms in total. The van der Waals surface area contributed by atoms with E-state index in [9.17, 15) is 13.5 Å². The minimum Gasteiger partial charge on any atom is -0.387 e. The summed E-state index contributed by atoms with van der Waals surface area (Å²) < 4.78 is 24.3. The van der Waals surface area contributed by atoms with Gasteiger partial charge in [-0.2, -0.15) is 5.10 Å². The average Bonchev–Trinajstić information content (AvgIpc) is 2.70. The van der Waals surface area contributed by atoms with E-state index in [-0.39, 0.29) is 17.4 Å². The van der Waals surface area contributed by atoms with Gasteiger partial charge in [0.25, 0.3) is 0 Å². The Morgan fingerprint density at radius 2 is 2.35 bits per heavy atom. The monoisotopic (exact) mass is 258 g/mol. The highest BCUT2D eigenvalue weighted by Gasteiger charge is 2.30. The van der Waals surface area contributed by atoms with Crippen LogP contribution in [0, 0.1) is 12.8 Å². The maximum Gasteiger partial charge on any atom is 0.150 e. The van der Waals surface area contributed by atoms with E-state index in [0.717, 1.165) is 11.3 Å². The van der Waals surface area contributed by atoms with Crippen molar-refractivity contribution in [2.24, 2.45) is 13.0 Å². The van der Waals surface area contributed by atoms with Crippen LogP contribution < -0.4 is 0 Å². The van der Waals surface area contributed by atoms with Crippen LogP contribution in [0.15, 0.2) is 6.20 Å². The van der Waals surface area contributed by atoms with Crippen LogP contribution in [0.25, 0.3) is 0 Å². The number of aromatic nitrogens is 2. The molecule has 1 saturated heterocycles. The van der Waals surface area contributed by atoms with Gasteiger partial charge in [-0.05, 0) is 31.2 Å². The molecule has 1 aromatic heterocycles. The first-order valence-corrected chi connectivity index (χ1v) is 7.58. The molecule has 0 amide bonds. The van der Waals surface area contributed by atoms with Crippen molar-refractivity contribution in [3.05, 3.63) is 17.5 Å². The summed E-state index contributed by atoms with van der Waals surface area (Å²) >= 11 is 0. The van der Waals surface area contributed by atoms with Crippen LogP contribution in [0.1, 0.15) is 30.2 Å². The Morgan fingerprint density at radius 3 is 2.82 bits per heavy atom. The summed E-state index contributed by atoms with van der Waals surface area (Å²) in [6.45, 7) is 1.90. The summed E-state index contributed by atoms with van der Waals surface area (Å²) in [7, 11) is -1.08. The molecule has 96 valence electrons. The van der Waals surface area contributed by atoms with Crippen molar-refractivity contribution in [1.82, 2.24) is 9.78 Å². The van der Waals surface area contributed by atoms with Gasteiger partial charge in [-0.25, -0.2) is 8.42 Å². The first-order chi connectivity index (χ1) is 7.89. The van der Waals surface area contributed by atoms with Gasteiger partial charge in [-0.3, -0.25) is 4.68 Å². The van der Waals surface area contributed by atoms with Crippen molar-refractivity contribution in [1.29, 1.82) is 0 Å². The molecule has 1 aliphatic heterocycles. The van der Waals surface area contributed by atoms with E-state index in [0.29, 0.717) is 12.8 Å². The molecule has 0 radical (unpaired) electrons. The molecule has 2 unspecified atom stereocenters. The molecule has 0 bridgehead atoms. The third-order valence-electron chi connectivity index (χ3n) is 3.38. The van der Waals surface area contributed by atoms with Gasteiger partial charge in [0.1, 0.15) is 0 Å². The quantitative estimate of drug-likeness (QED) is 0.861. The Bertz CT molecular complexity index is 487. The maximum atomic E-state index is 11.3. The van der Waals surface area contributed by atoms with Crippen LogP contribution >= 0.6 is 0 Å². The van der Waals surface area contributed by atoms with Gasteiger partial charge in [0, 0.05) is 7.05 Å². The number of hydrogen-bond donors (Lipinski definition) is 1. The van der Waals surface area contributed by atoms with Crippen LogP contribution in [-0.2, 0) is 16.9 Å². The molecule has 6 heteroatoms. The first kappa shape index (κ1) is 12.6. The molecule has 2 atom stereocenters. The lowest BCUT2D eigenvalue weighted by atomic mass is 9.98. The van der Waals surface area contributed by atoms with Gasteiger partial charge in [-0.1, -0.05) is 0 Å². The lowest BCUT2D eigenvalue weighted by Gasteiger charge is -2.15. The van der Waals surface area contributed by atoms with Crippen LogP contribution in [0.2, 0.25) is 0 Å². The van der Waals surface area contributed by atoms with Crippen molar-refractivity contribution < 1.29 is 13.5 Å². The second-order valence-electron chi connectivity index (χ2n) is 4.86. The lowest BCUT2D eigenvalue weighted by Crippen LogP contribution is -2.13. The second-order valence-corrected chi connectivity index (χ2v) is 7.09. The highest BCUT2D eigenvalue weighted by molar-refractivity contribution is 7.91. The van der Waals surface area contributed by atoms with Gasteiger partial charge in [-0.15, -0.1) is 0 Å². The molecule has 17 heavy (non-hydrogen) atoms. The highest BCUT2D eigenvalue weighted by Crippen LogP contribution is 2.29. The summed E-state index contributed by atoms with van der Waals surface area (Å²) in [6, 6.07) is 0. The molecule has 0 saturated carbocycles. The molecule has 0 aromatic carbocycles. The van der Waals surface area contributed by atoms with Crippen LogP contribution in [0.3, 0.4) is 0 Å². The number of rotatable bonds is 3. The molecule has 1 N–H and O–H groups in total. The van der Waals surface area contributed by atoms with Crippen LogP contribution in [0.4, 0.5) is 0 Å². The first-order valence-electron chi connectivity index (χ1n) is 5.76. The predicted octanol–water partition coefficient (Wildman–Crippen LogP) is 0.587. The van der Waals surface area contributed by atoms with Crippen molar-refractivity contribution in [2.75, 3.05) is 11.5 Å². The van der Waals surface area contributed by atoms with E-state index in [2.05, 4.69) is 5.10 Å². The summed E-state index contributed by atoms with van der Waals surface area (Å²) in [5, 5.41) is 14.2. The molecule has 0 spiro atoms. The molecular weight excluding hydrogens is 240 g/mol. The van der Waals surface area contributed by atoms with Crippen LogP contribution in [0.5, 0.6) is 0 Å². The SMILES string of the molecule is Cc1cnn(C)c1C(O)CC1CCS(=O)(=O)C1. The highest BCUT2D eigenvalue weighted by atomic mass is 32.2. The fourth-order valence-corrected chi connectivity index (χ4v) is 4.40. The zero-order valence-electron chi connectivity index (χ0n) is 10.1. The second kappa shape index (κ2) is 4.42. The standard InChI is InChI=1S/C11H18N2O3S/c1-8-6-12-13(2)11(8)10(14)5-9-3-4-17(15,16)7-9/h6,9-10,14H,3-5,7H2,1-2H3. The minimum atomic E-state index is -2.86. The topological polar surface area (TPSA) is 72.2 Å². The predicted molar refractivity (Wildman–Crippen MR) is 64.3 cm³/mol. The largest absolute Gasteiger partial charge is 0.387 e. The fraction of sp³-hybridized carbons (Fsp3) is 0.727. The zero-order chi connectivity index (χ0) is 12.6. The molecular formula is C11H18N2O3S. The Hall–Kier alpha value is -0.880. The molecule has 1 aromatic rings. The molecule has 2 heterocycles. The Morgan fingerprint density at radius 1 is 1.65 bits per heavy atom. The van der Waals surface area contributed by atoms with E-state index in [1.54, 1.807) is 17.9 Å². The normalized spacial score (nSPS) is 25.0. The number of nitrogens with zero attached hydrogens (tertiary/aromatic N) is 2. The third-order valence-corrected chi connectivity index (χ3v) is 5.21. The van der Waals surface area contributed by atoms with Gasteiger partial charge in [0.2, 0.25) is 0 Å². The lowest BCUT2D eigenvalue weighted by molar-refractivity contribution is 0.139. The van der Waals surface area contributed by atoms with Crippen LogP contribution in [-0.4, -0.2) is 34.8 Å². The van der Waals surface area contributed by atoms with E-state index in [4.69, 9.17) is 0 Å². The van der Waals surface area contributed by atoms with Crippen molar-refractivity contribution in [3.63, 3.8) is 0 Å². The Labute approximate surface area is 101 Å². The van der Waals surface area contributed by atoms with E-state index >= 15 is 0 Å². The summed E-state index contributed by atoms with van der Waals surface area (Å²) in [5.74, 6) is 0.541. The van der Waals surface area contributed by atoms with E-state index in [1.165, 1.54) is 0 Å². The van der Waals surface area contributed by atoms with Gasteiger partial charge >= 0.3 is 0 Å². The van der Waals surface area contributed by atoms with E-state index < -0.39 is 15.9 Å². The third kappa shape index (κ3) is 2.69. The van der Waals surface area contributed by atoms with Crippen molar-refractivity contribution in [2.45, 2.75) is 25.9 Å². The average molecular weight is 258 g/mol. The van der Waals surface area contributed by atoms with Gasteiger partial charge in [0.05, 0.1) is 29.5 Å². The maximum absolute atomic E-state index is 11.3. The summed E-state index contributed by atoms with van der Waals surface area (Å²) in [6.07, 6.45) is 2.25. The fourth-order valence-electron chi connectivity index (χ4n) is 2.52. The zero-order valence-corrected chi connectivity index (χ0v) is 10.9. The molecule has 0 aliphatic carbocycles. The number of aliphatic hydroxyl groups is 1. The summed E-state index contributed by atoms with van der Waals surface area (Å²) in [4.78, 5) is 0. The number of hydrogen-bond acceptors (Lipinski definition) is 4. The number of aryl methyl sites for hydroxylation is 2. The van der Waals surface area contributed by atoms with Gasteiger partial charge < -0.3 is 5.11 Å². The Balaban J connectivity index is 2.06. The molecule has 1 fully saturated rings. The Kier molecular flexibility index (Phi) is 3.27. The van der Waals surface area contributed by atoms with Crippen molar-refractivity contribution in [3.8, 4) is 0 Å². The molecule has 2 rings (SSSR count). The number of aliphatic hydroxyl groups excluding tert-OH is 1. The molecule has 1 aliphatic rings. The van der Waals surface area contributed by atoms with E-state index in [1.807, 2.05) is 6.92 Å². The van der Waals surface area contributed by atoms with Gasteiger partial charge in [0.15, 0.2) is 9.84 Å². The smallest absolute Gasteiger partial charge is 0.150 e. The van der Waals surface area contributed by atoms with Crippen molar-refractivity contribution >= 4 is 9.84 Å².